The highest BCUT2D eigenvalue weighted by Crippen LogP contribution is 2.39. The summed E-state index contributed by atoms with van der Waals surface area (Å²) in [4.78, 5) is 10.5. The minimum absolute atomic E-state index is 0.137. The van der Waals surface area contributed by atoms with Crippen LogP contribution in [0.3, 0.4) is 0 Å². The lowest BCUT2D eigenvalue weighted by Crippen LogP contribution is -2.48. The van der Waals surface area contributed by atoms with Crippen LogP contribution in [0.5, 0.6) is 0 Å². The van der Waals surface area contributed by atoms with Crippen LogP contribution >= 0.6 is 0 Å². The summed E-state index contributed by atoms with van der Waals surface area (Å²) in [5, 5.41) is 20.2. The first kappa shape index (κ1) is 15.3. The zero-order valence-corrected chi connectivity index (χ0v) is 9.95. The molecule has 0 aromatic heterocycles. The van der Waals surface area contributed by atoms with Gasteiger partial charge in [0.25, 0.3) is 0 Å². The second-order valence-corrected chi connectivity index (χ2v) is 4.02. The fraction of sp³-hybridized carbons (Fsp3) is 0.364. The van der Waals surface area contributed by atoms with Crippen LogP contribution in [0.25, 0.3) is 0 Å². The number of rotatable bonds is 3. The van der Waals surface area contributed by atoms with Crippen molar-refractivity contribution in [2.75, 3.05) is 11.9 Å². The second kappa shape index (κ2) is 5.06. The molecule has 0 aliphatic rings. The normalized spacial score (nSPS) is 14.8. The van der Waals surface area contributed by atoms with E-state index in [4.69, 9.17) is 10.8 Å². The van der Waals surface area contributed by atoms with Crippen LogP contribution in [0.15, 0.2) is 18.2 Å². The van der Waals surface area contributed by atoms with Crippen molar-refractivity contribution in [3.63, 3.8) is 0 Å². The van der Waals surface area contributed by atoms with Crippen LogP contribution in [0.4, 0.5) is 23.7 Å². The van der Waals surface area contributed by atoms with Crippen LogP contribution in [-0.2, 0) is 5.60 Å². The predicted molar refractivity (Wildman–Crippen MR) is 61.8 cm³/mol. The average molecular weight is 278 g/mol. The molecule has 1 aromatic rings. The highest BCUT2D eigenvalue weighted by Gasteiger charge is 2.54. The lowest BCUT2D eigenvalue weighted by molar-refractivity contribution is -0.262. The van der Waals surface area contributed by atoms with Crippen molar-refractivity contribution >= 4 is 11.8 Å². The van der Waals surface area contributed by atoms with E-state index < -0.39 is 30.0 Å². The lowest BCUT2D eigenvalue weighted by atomic mass is 9.91. The molecule has 0 fully saturated rings. The molecule has 0 heterocycles. The van der Waals surface area contributed by atoms with Gasteiger partial charge in [0.1, 0.15) is 0 Å². The maximum atomic E-state index is 12.8. The van der Waals surface area contributed by atoms with Crippen molar-refractivity contribution in [1.82, 2.24) is 0 Å². The van der Waals surface area contributed by atoms with Gasteiger partial charge in [0.2, 0.25) is 0 Å². The van der Waals surface area contributed by atoms with Crippen molar-refractivity contribution in [3.05, 3.63) is 29.3 Å². The largest absolute Gasteiger partial charge is 0.465 e. The van der Waals surface area contributed by atoms with Gasteiger partial charge in [-0.2, -0.15) is 13.2 Å². The summed E-state index contributed by atoms with van der Waals surface area (Å²) < 4.78 is 38.4. The van der Waals surface area contributed by atoms with E-state index in [0.29, 0.717) is 0 Å². The van der Waals surface area contributed by atoms with Crippen LogP contribution in [-0.4, -0.2) is 29.0 Å². The Morgan fingerprint density at radius 1 is 1.42 bits per heavy atom. The molecule has 1 atom stereocenters. The van der Waals surface area contributed by atoms with Crippen molar-refractivity contribution in [2.45, 2.75) is 18.7 Å². The molecule has 1 unspecified atom stereocenters. The zero-order chi connectivity index (χ0) is 14.8. The molecule has 0 saturated heterocycles. The highest BCUT2D eigenvalue weighted by atomic mass is 19.4. The molecule has 0 aliphatic heterocycles. The summed E-state index contributed by atoms with van der Waals surface area (Å²) in [6, 6.07) is 3.18. The standard InChI is InChI=1S/C11H13F3N2O3/c1-6-4-7(2-3-8(6)16-9(17)18)10(19,5-15)11(12,13)14/h2-4,16,19H,5,15H2,1H3,(H,17,18). The number of amides is 1. The third kappa shape index (κ3) is 2.96. The fourth-order valence-electron chi connectivity index (χ4n) is 1.57. The average Bonchev–Trinajstić information content (AvgIpc) is 2.28. The van der Waals surface area contributed by atoms with Crippen molar-refractivity contribution in [3.8, 4) is 0 Å². The van der Waals surface area contributed by atoms with Gasteiger partial charge in [0, 0.05) is 12.2 Å². The minimum atomic E-state index is -4.92. The van der Waals surface area contributed by atoms with Crippen molar-refractivity contribution in [1.29, 1.82) is 0 Å². The summed E-state index contributed by atoms with van der Waals surface area (Å²) in [6.07, 6.45) is -6.25. The van der Waals surface area contributed by atoms with E-state index in [9.17, 15) is 23.1 Å². The molecule has 19 heavy (non-hydrogen) atoms. The van der Waals surface area contributed by atoms with Gasteiger partial charge >= 0.3 is 12.3 Å². The smallest absolute Gasteiger partial charge is 0.422 e. The first-order valence-electron chi connectivity index (χ1n) is 5.22. The molecule has 0 spiro atoms. The number of nitrogens with two attached hydrogens (primary N) is 1. The molecule has 1 aromatic carbocycles. The molecule has 0 saturated carbocycles. The van der Waals surface area contributed by atoms with E-state index >= 15 is 0 Å². The van der Waals surface area contributed by atoms with Gasteiger partial charge in [-0.05, 0) is 24.1 Å². The number of carboxylic acid groups (broad SMARTS) is 1. The topological polar surface area (TPSA) is 95.6 Å². The maximum absolute atomic E-state index is 12.8. The molecule has 0 bridgehead atoms. The van der Waals surface area contributed by atoms with Gasteiger partial charge in [-0.25, -0.2) is 4.79 Å². The number of alkyl halides is 3. The first-order valence-corrected chi connectivity index (χ1v) is 5.22. The predicted octanol–water partition coefficient (Wildman–Crippen LogP) is 1.79. The van der Waals surface area contributed by atoms with Crippen LogP contribution < -0.4 is 11.1 Å². The summed E-state index contributed by atoms with van der Waals surface area (Å²) in [5.41, 5.74) is 1.81. The Labute approximate surface area is 106 Å². The second-order valence-electron chi connectivity index (χ2n) is 4.02. The zero-order valence-electron chi connectivity index (χ0n) is 9.95. The van der Waals surface area contributed by atoms with Gasteiger partial charge in [0.05, 0.1) is 0 Å². The van der Waals surface area contributed by atoms with E-state index in [1.807, 2.05) is 5.32 Å². The summed E-state index contributed by atoms with van der Waals surface area (Å²) in [7, 11) is 0. The molecule has 8 heteroatoms. The van der Waals surface area contributed by atoms with E-state index in [-0.39, 0.29) is 11.3 Å². The van der Waals surface area contributed by atoms with Gasteiger partial charge in [0.15, 0.2) is 5.60 Å². The van der Waals surface area contributed by atoms with Crippen LogP contribution in [0.2, 0.25) is 0 Å². The SMILES string of the molecule is Cc1cc(C(O)(CN)C(F)(F)F)ccc1NC(=O)O. The Kier molecular flexibility index (Phi) is 4.06. The Hall–Kier alpha value is -1.80. The Bertz CT molecular complexity index is 491. The summed E-state index contributed by atoms with van der Waals surface area (Å²) in [5.74, 6) is 0. The van der Waals surface area contributed by atoms with Gasteiger partial charge < -0.3 is 15.9 Å². The Morgan fingerprint density at radius 2 is 2.00 bits per heavy atom. The van der Waals surface area contributed by atoms with E-state index in [1.165, 1.54) is 6.92 Å². The quantitative estimate of drug-likeness (QED) is 0.678. The van der Waals surface area contributed by atoms with Crippen LogP contribution in [0, 0.1) is 6.92 Å². The number of aliphatic hydroxyl groups is 1. The minimum Gasteiger partial charge on any atom is -0.465 e. The van der Waals surface area contributed by atoms with Gasteiger partial charge in [-0.15, -0.1) is 0 Å². The number of hydrogen-bond acceptors (Lipinski definition) is 3. The van der Waals surface area contributed by atoms with E-state index in [0.717, 1.165) is 18.2 Å². The number of hydrogen-bond donors (Lipinski definition) is 4. The monoisotopic (exact) mass is 278 g/mol. The number of nitrogens with one attached hydrogen (secondary N) is 1. The fourth-order valence-corrected chi connectivity index (χ4v) is 1.57. The van der Waals surface area contributed by atoms with Gasteiger partial charge in [-0.3, -0.25) is 5.32 Å². The van der Waals surface area contributed by atoms with Crippen LogP contribution in [0.1, 0.15) is 11.1 Å². The van der Waals surface area contributed by atoms with Gasteiger partial charge in [-0.1, -0.05) is 12.1 Å². The van der Waals surface area contributed by atoms with E-state index in [2.05, 4.69) is 0 Å². The highest BCUT2D eigenvalue weighted by molar-refractivity contribution is 5.84. The molecular formula is C11H13F3N2O3. The third-order valence-electron chi connectivity index (χ3n) is 2.71. The number of halogens is 3. The van der Waals surface area contributed by atoms with E-state index in [1.54, 1.807) is 0 Å². The molecule has 106 valence electrons. The number of benzene rings is 1. The summed E-state index contributed by atoms with van der Waals surface area (Å²) >= 11 is 0. The Balaban J connectivity index is 3.23. The third-order valence-corrected chi connectivity index (χ3v) is 2.71. The molecular weight excluding hydrogens is 265 g/mol. The number of carbonyl (C=O) groups is 1. The first-order chi connectivity index (χ1) is 8.61. The molecule has 5 N–H and O–H groups in total. The molecule has 1 amide bonds. The number of anilines is 1. The molecule has 1 rings (SSSR count). The maximum Gasteiger partial charge on any atom is 0.422 e. The molecule has 0 aliphatic carbocycles. The Morgan fingerprint density at radius 3 is 2.37 bits per heavy atom. The molecule has 0 radical (unpaired) electrons. The number of aryl methyl sites for hydroxylation is 1. The lowest BCUT2D eigenvalue weighted by Gasteiger charge is -2.30. The molecule has 5 nitrogen and oxygen atoms in total. The van der Waals surface area contributed by atoms with Crippen molar-refractivity contribution in [2.24, 2.45) is 5.73 Å². The summed E-state index contributed by atoms with van der Waals surface area (Å²) in [6.45, 7) is 0.393. The van der Waals surface area contributed by atoms with Crippen molar-refractivity contribution < 1.29 is 28.2 Å².